The molecular formula is C10H17N3OS. The lowest BCUT2D eigenvalue weighted by Crippen LogP contribution is -2.20. The van der Waals surface area contributed by atoms with E-state index in [9.17, 15) is 0 Å². The van der Waals surface area contributed by atoms with Gasteiger partial charge in [-0.1, -0.05) is 11.2 Å². The van der Waals surface area contributed by atoms with Gasteiger partial charge >= 0.3 is 0 Å². The van der Waals surface area contributed by atoms with E-state index in [4.69, 9.17) is 10.9 Å². The van der Waals surface area contributed by atoms with Crippen molar-refractivity contribution in [1.82, 2.24) is 5.32 Å². The van der Waals surface area contributed by atoms with Crippen LogP contribution in [0, 0.1) is 0 Å². The van der Waals surface area contributed by atoms with Gasteiger partial charge in [0, 0.05) is 11.3 Å². The molecule has 1 rings (SSSR count). The summed E-state index contributed by atoms with van der Waals surface area (Å²) in [6.45, 7) is 1.89. The van der Waals surface area contributed by atoms with Crippen LogP contribution in [0.1, 0.15) is 17.7 Å². The zero-order valence-electron chi connectivity index (χ0n) is 8.65. The first kappa shape index (κ1) is 12.0. The Morgan fingerprint density at radius 3 is 3.07 bits per heavy atom. The molecule has 4 nitrogen and oxygen atoms in total. The van der Waals surface area contributed by atoms with Crippen molar-refractivity contribution in [2.75, 3.05) is 13.1 Å². The summed E-state index contributed by atoms with van der Waals surface area (Å²) >= 11 is 1.78. The molecule has 0 aliphatic heterocycles. The zero-order chi connectivity index (χ0) is 10.9. The molecule has 4 N–H and O–H groups in total. The summed E-state index contributed by atoms with van der Waals surface area (Å²) in [7, 11) is 0. The Labute approximate surface area is 93.8 Å². The van der Waals surface area contributed by atoms with Gasteiger partial charge in [-0.2, -0.15) is 0 Å². The van der Waals surface area contributed by atoms with Crippen LogP contribution in [0.4, 0.5) is 0 Å². The molecule has 0 radical (unpaired) electrons. The number of thiophene rings is 1. The second-order valence-corrected chi connectivity index (χ2v) is 4.31. The topological polar surface area (TPSA) is 70.6 Å². The van der Waals surface area contributed by atoms with Crippen LogP contribution in [0.3, 0.4) is 0 Å². The summed E-state index contributed by atoms with van der Waals surface area (Å²) < 4.78 is 0. The van der Waals surface area contributed by atoms with E-state index in [-0.39, 0.29) is 0 Å². The van der Waals surface area contributed by atoms with Crippen LogP contribution in [0.15, 0.2) is 22.7 Å². The minimum Gasteiger partial charge on any atom is -0.409 e. The van der Waals surface area contributed by atoms with Gasteiger partial charge in [-0.3, -0.25) is 0 Å². The molecule has 0 atom stereocenters. The predicted molar refractivity (Wildman–Crippen MR) is 63.5 cm³/mol. The van der Waals surface area contributed by atoms with Crippen molar-refractivity contribution in [3.63, 3.8) is 0 Å². The fourth-order valence-electron chi connectivity index (χ4n) is 1.24. The maximum atomic E-state index is 8.31. The van der Waals surface area contributed by atoms with Crippen molar-refractivity contribution in [1.29, 1.82) is 0 Å². The zero-order valence-corrected chi connectivity index (χ0v) is 9.46. The molecule has 84 valence electrons. The maximum Gasteiger partial charge on any atom is 0.139 e. The van der Waals surface area contributed by atoms with Gasteiger partial charge in [0.1, 0.15) is 5.84 Å². The molecule has 0 aromatic carbocycles. The van der Waals surface area contributed by atoms with E-state index in [1.165, 1.54) is 4.88 Å². The number of hydrogen-bond acceptors (Lipinski definition) is 4. The summed E-state index contributed by atoms with van der Waals surface area (Å²) in [4.78, 5) is 1.40. The smallest absolute Gasteiger partial charge is 0.139 e. The van der Waals surface area contributed by atoms with Gasteiger partial charge in [-0.05, 0) is 37.4 Å². The van der Waals surface area contributed by atoms with E-state index >= 15 is 0 Å². The van der Waals surface area contributed by atoms with Gasteiger partial charge < -0.3 is 16.3 Å². The molecule has 0 aliphatic carbocycles. The number of amidine groups is 1. The van der Waals surface area contributed by atoms with Crippen molar-refractivity contribution in [2.45, 2.75) is 19.3 Å². The molecule has 0 fully saturated rings. The number of nitrogens with two attached hydrogens (primary N) is 1. The third kappa shape index (κ3) is 5.39. The first-order valence-electron chi connectivity index (χ1n) is 5.02. The third-order valence-corrected chi connectivity index (χ3v) is 2.98. The monoisotopic (exact) mass is 227 g/mol. The average Bonchev–Trinajstić information content (AvgIpc) is 2.75. The second-order valence-electron chi connectivity index (χ2n) is 3.27. The summed E-state index contributed by atoms with van der Waals surface area (Å²) in [5.74, 6) is 0.301. The summed E-state index contributed by atoms with van der Waals surface area (Å²) in [6.07, 6.45) is 2.62. The number of oxime groups is 1. The number of nitrogens with zero attached hydrogens (tertiary/aromatic N) is 1. The lowest BCUT2D eigenvalue weighted by atomic mass is 10.3. The average molecular weight is 227 g/mol. The quantitative estimate of drug-likeness (QED) is 0.217. The normalized spacial score (nSPS) is 11.9. The molecule has 0 aliphatic rings. The highest BCUT2D eigenvalue weighted by atomic mass is 32.1. The lowest BCUT2D eigenvalue weighted by Gasteiger charge is -2.02. The van der Waals surface area contributed by atoms with Gasteiger partial charge in [0.15, 0.2) is 0 Å². The minimum atomic E-state index is 0.301. The molecule has 0 saturated carbocycles. The Balaban J connectivity index is 1.94. The summed E-state index contributed by atoms with van der Waals surface area (Å²) in [5, 5.41) is 16.6. The van der Waals surface area contributed by atoms with Crippen molar-refractivity contribution in [3.8, 4) is 0 Å². The van der Waals surface area contributed by atoms with E-state index in [1.54, 1.807) is 11.3 Å². The molecule has 0 amide bonds. The molecule has 0 bridgehead atoms. The predicted octanol–water partition coefficient (Wildman–Crippen LogP) is 1.41. The maximum absolute atomic E-state index is 8.31. The van der Waals surface area contributed by atoms with Crippen LogP contribution in [-0.2, 0) is 6.42 Å². The molecule has 1 aromatic heterocycles. The molecule has 5 heteroatoms. The highest BCUT2D eigenvalue weighted by molar-refractivity contribution is 7.09. The summed E-state index contributed by atoms with van der Waals surface area (Å²) in [5.41, 5.74) is 5.34. The van der Waals surface area contributed by atoms with Gasteiger partial charge in [0.25, 0.3) is 0 Å². The number of rotatable bonds is 7. The molecule has 1 aromatic rings. The molecule has 0 spiro atoms. The Hall–Kier alpha value is -1.07. The van der Waals surface area contributed by atoms with Crippen LogP contribution in [0.25, 0.3) is 0 Å². The van der Waals surface area contributed by atoms with Crippen molar-refractivity contribution in [3.05, 3.63) is 22.4 Å². The highest BCUT2D eigenvalue weighted by Gasteiger charge is 1.95. The fourth-order valence-corrected chi connectivity index (χ4v) is 1.94. The van der Waals surface area contributed by atoms with Gasteiger partial charge in [0.2, 0.25) is 0 Å². The fraction of sp³-hybridized carbons (Fsp3) is 0.500. The van der Waals surface area contributed by atoms with Crippen molar-refractivity contribution >= 4 is 17.2 Å². The Kier molecular flexibility index (Phi) is 5.80. The highest BCUT2D eigenvalue weighted by Crippen LogP contribution is 2.07. The molecule has 0 saturated heterocycles. The molecule has 1 heterocycles. The Morgan fingerprint density at radius 1 is 1.53 bits per heavy atom. The van der Waals surface area contributed by atoms with E-state index in [0.29, 0.717) is 12.3 Å². The van der Waals surface area contributed by atoms with Crippen molar-refractivity contribution in [2.24, 2.45) is 10.9 Å². The minimum absolute atomic E-state index is 0.301. The SMILES string of the molecule is NC(CCCNCCc1cccs1)=NO. The molecule has 15 heavy (non-hydrogen) atoms. The largest absolute Gasteiger partial charge is 0.409 e. The van der Waals surface area contributed by atoms with E-state index in [0.717, 1.165) is 25.9 Å². The standard InChI is InChI=1S/C10H17N3OS/c11-10(13-14)4-1-6-12-7-5-9-3-2-8-15-9/h2-3,8,12,14H,1,4-7H2,(H2,11,13). The number of nitrogens with one attached hydrogen (secondary N) is 1. The van der Waals surface area contributed by atoms with Crippen LogP contribution in [0.2, 0.25) is 0 Å². The van der Waals surface area contributed by atoms with Crippen LogP contribution in [-0.4, -0.2) is 24.1 Å². The Morgan fingerprint density at radius 2 is 2.40 bits per heavy atom. The second kappa shape index (κ2) is 7.25. The first-order valence-corrected chi connectivity index (χ1v) is 5.90. The van der Waals surface area contributed by atoms with Crippen LogP contribution < -0.4 is 11.1 Å². The van der Waals surface area contributed by atoms with E-state index in [1.807, 2.05) is 0 Å². The lowest BCUT2D eigenvalue weighted by molar-refractivity contribution is 0.316. The number of hydrogen-bond donors (Lipinski definition) is 3. The third-order valence-electron chi connectivity index (χ3n) is 2.04. The Bertz CT molecular complexity index is 285. The molecular weight excluding hydrogens is 210 g/mol. The van der Waals surface area contributed by atoms with E-state index in [2.05, 4.69) is 28.0 Å². The van der Waals surface area contributed by atoms with Crippen LogP contribution >= 0.6 is 11.3 Å². The van der Waals surface area contributed by atoms with Crippen molar-refractivity contribution < 1.29 is 5.21 Å². The van der Waals surface area contributed by atoms with Crippen LogP contribution in [0.5, 0.6) is 0 Å². The van der Waals surface area contributed by atoms with Gasteiger partial charge in [-0.15, -0.1) is 11.3 Å². The van der Waals surface area contributed by atoms with Gasteiger partial charge in [0.05, 0.1) is 0 Å². The summed E-state index contributed by atoms with van der Waals surface area (Å²) in [6, 6.07) is 4.21. The van der Waals surface area contributed by atoms with E-state index < -0.39 is 0 Å². The van der Waals surface area contributed by atoms with Gasteiger partial charge in [-0.25, -0.2) is 0 Å². The molecule has 0 unspecified atom stereocenters. The first-order chi connectivity index (χ1) is 7.33.